The van der Waals surface area contributed by atoms with E-state index in [-0.39, 0.29) is 5.82 Å². The Balaban J connectivity index is 2.42. The molecule has 0 saturated heterocycles. The van der Waals surface area contributed by atoms with E-state index in [4.69, 9.17) is 0 Å². The van der Waals surface area contributed by atoms with Crippen LogP contribution in [0.4, 0.5) is 4.39 Å². The Hall–Kier alpha value is -1.70. The first-order valence-electron chi connectivity index (χ1n) is 3.94. The molecule has 0 bridgehead atoms. The van der Waals surface area contributed by atoms with Crippen molar-refractivity contribution in [3.63, 3.8) is 0 Å². The number of benzene rings is 1. The second kappa shape index (κ2) is 3.35. The average Bonchev–Trinajstić information content (AvgIpc) is 2.20. The van der Waals surface area contributed by atoms with E-state index in [2.05, 4.69) is 11.2 Å². The molecule has 0 unspecified atom stereocenters. The van der Waals surface area contributed by atoms with Crippen LogP contribution in [0.2, 0.25) is 0 Å². The molecule has 0 spiro atoms. The zero-order chi connectivity index (χ0) is 9.10. The van der Waals surface area contributed by atoms with Crippen molar-refractivity contribution in [3.05, 3.63) is 54.6 Å². The van der Waals surface area contributed by atoms with Crippen molar-refractivity contribution in [2.45, 2.75) is 0 Å². The van der Waals surface area contributed by atoms with Crippen LogP contribution >= 0.6 is 0 Å². The highest BCUT2D eigenvalue weighted by molar-refractivity contribution is 5.62. The van der Waals surface area contributed by atoms with Crippen molar-refractivity contribution in [1.82, 2.24) is 4.98 Å². The van der Waals surface area contributed by atoms with Crippen LogP contribution < -0.4 is 0 Å². The minimum absolute atomic E-state index is 0.221. The van der Waals surface area contributed by atoms with Gasteiger partial charge in [-0.05, 0) is 35.4 Å². The van der Waals surface area contributed by atoms with Crippen molar-refractivity contribution in [3.8, 4) is 11.1 Å². The molecule has 1 aromatic heterocycles. The van der Waals surface area contributed by atoms with E-state index in [1.54, 1.807) is 24.4 Å². The van der Waals surface area contributed by atoms with Crippen molar-refractivity contribution in [2.24, 2.45) is 0 Å². The van der Waals surface area contributed by atoms with E-state index in [0.717, 1.165) is 11.1 Å². The lowest BCUT2D eigenvalue weighted by Gasteiger charge is -1.98. The maximum atomic E-state index is 12.6. The van der Waals surface area contributed by atoms with Gasteiger partial charge in [0.25, 0.3) is 0 Å². The number of hydrogen-bond acceptors (Lipinski definition) is 1. The Morgan fingerprint density at radius 2 is 1.77 bits per heavy atom. The molecule has 2 heteroatoms. The van der Waals surface area contributed by atoms with E-state index >= 15 is 0 Å². The molecule has 1 aromatic carbocycles. The number of rotatable bonds is 1. The van der Waals surface area contributed by atoms with Crippen molar-refractivity contribution in [2.75, 3.05) is 0 Å². The first-order valence-corrected chi connectivity index (χ1v) is 3.94. The van der Waals surface area contributed by atoms with E-state index in [1.807, 2.05) is 6.07 Å². The Morgan fingerprint density at radius 1 is 1.00 bits per heavy atom. The molecule has 1 heterocycles. The van der Waals surface area contributed by atoms with Crippen molar-refractivity contribution in [1.29, 1.82) is 0 Å². The maximum absolute atomic E-state index is 12.6. The molecule has 0 N–H and O–H groups in total. The average molecular weight is 172 g/mol. The van der Waals surface area contributed by atoms with E-state index in [1.165, 1.54) is 12.1 Å². The van der Waals surface area contributed by atoms with Crippen LogP contribution in [0.1, 0.15) is 0 Å². The highest BCUT2D eigenvalue weighted by Crippen LogP contribution is 2.17. The highest BCUT2D eigenvalue weighted by atomic mass is 19.1. The lowest BCUT2D eigenvalue weighted by molar-refractivity contribution is 0.628. The summed E-state index contributed by atoms with van der Waals surface area (Å²) in [5.41, 5.74) is 1.97. The topological polar surface area (TPSA) is 12.9 Å². The molecule has 2 rings (SSSR count). The molecule has 13 heavy (non-hydrogen) atoms. The molecule has 0 saturated carbocycles. The number of pyridine rings is 1. The maximum Gasteiger partial charge on any atom is 0.123 e. The molecule has 1 radical (unpaired) electrons. The highest BCUT2D eigenvalue weighted by Gasteiger charge is 1.95. The SMILES string of the molecule is Fc1ccc(-c2c[c]ncc2)cc1. The molecule has 1 nitrogen and oxygen atoms in total. The fourth-order valence-electron chi connectivity index (χ4n) is 1.14. The summed E-state index contributed by atoms with van der Waals surface area (Å²) < 4.78 is 12.6. The zero-order valence-corrected chi connectivity index (χ0v) is 6.87. The number of nitrogens with zero attached hydrogens (tertiary/aromatic N) is 1. The summed E-state index contributed by atoms with van der Waals surface area (Å²) in [6, 6.07) is 9.99. The molecule has 0 aliphatic carbocycles. The van der Waals surface area contributed by atoms with Gasteiger partial charge in [0.05, 0.1) is 6.20 Å². The van der Waals surface area contributed by atoms with Crippen LogP contribution in [0.5, 0.6) is 0 Å². The second-order valence-electron chi connectivity index (χ2n) is 2.68. The Bertz CT molecular complexity index is 381. The lowest BCUT2D eigenvalue weighted by Crippen LogP contribution is -1.79. The molecule has 2 aromatic rings. The van der Waals surface area contributed by atoms with Gasteiger partial charge in [-0.2, -0.15) is 0 Å². The smallest absolute Gasteiger partial charge is 0.123 e. The third-order valence-corrected chi connectivity index (χ3v) is 1.80. The summed E-state index contributed by atoms with van der Waals surface area (Å²) >= 11 is 0. The lowest BCUT2D eigenvalue weighted by atomic mass is 10.1. The molecule has 0 fully saturated rings. The monoisotopic (exact) mass is 172 g/mol. The quantitative estimate of drug-likeness (QED) is 0.644. The van der Waals surface area contributed by atoms with Crippen LogP contribution in [0.25, 0.3) is 11.1 Å². The fraction of sp³-hybridized carbons (Fsp3) is 0. The zero-order valence-electron chi connectivity index (χ0n) is 6.87. The second-order valence-corrected chi connectivity index (χ2v) is 2.68. The van der Waals surface area contributed by atoms with Gasteiger partial charge in [-0.3, -0.25) is 4.98 Å². The Labute approximate surface area is 75.9 Å². The summed E-state index contributed by atoms with van der Waals surface area (Å²) in [5.74, 6) is -0.221. The predicted molar refractivity (Wildman–Crippen MR) is 48.5 cm³/mol. The van der Waals surface area contributed by atoms with Crippen LogP contribution in [-0.2, 0) is 0 Å². The third kappa shape index (κ3) is 1.72. The summed E-state index contributed by atoms with van der Waals surface area (Å²) in [7, 11) is 0. The molecule has 0 aliphatic heterocycles. The van der Waals surface area contributed by atoms with E-state index < -0.39 is 0 Å². The van der Waals surface area contributed by atoms with Gasteiger partial charge in [0.15, 0.2) is 0 Å². The number of aromatic nitrogens is 1. The minimum atomic E-state index is -0.221. The van der Waals surface area contributed by atoms with E-state index in [0.29, 0.717) is 0 Å². The largest absolute Gasteiger partial charge is 0.255 e. The van der Waals surface area contributed by atoms with Crippen molar-refractivity contribution < 1.29 is 4.39 Å². The first kappa shape index (κ1) is 7.92. The summed E-state index contributed by atoms with van der Waals surface area (Å²) in [4.78, 5) is 3.79. The predicted octanol–water partition coefficient (Wildman–Crippen LogP) is 2.69. The number of hydrogen-bond donors (Lipinski definition) is 0. The third-order valence-electron chi connectivity index (χ3n) is 1.80. The molecule has 0 aliphatic rings. The fourth-order valence-corrected chi connectivity index (χ4v) is 1.14. The van der Waals surface area contributed by atoms with Gasteiger partial charge in [0.1, 0.15) is 5.82 Å². The molecule has 0 atom stereocenters. The molecule has 0 amide bonds. The van der Waals surface area contributed by atoms with Gasteiger partial charge in [-0.25, -0.2) is 4.39 Å². The molecular formula is C11H7FN. The summed E-state index contributed by atoms with van der Waals surface area (Å²) in [6.45, 7) is 0. The van der Waals surface area contributed by atoms with E-state index in [9.17, 15) is 4.39 Å². The van der Waals surface area contributed by atoms with Gasteiger partial charge in [-0.1, -0.05) is 12.1 Å². The van der Waals surface area contributed by atoms with Crippen LogP contribution in [0, 0.1) is 12.0 Å². The van der Waals surface area contributed by atoms with Crippen LogP contribution in [0.3, 0.4) is 0 Å². The van der Waals surface area contributed by atoms with Gasteiger partial charge in [-0.15, -0.1) is 0 Å². The first-order chi connectivity index (χ1) is 6.36. The molecular weight excluding hydrogens is 165 g/mol. The summed E-state index contributed by atoms with van der Waals surface area (Å²) in [6.07, 6.45) is 4.40. The Kier molecular flexibility index (Phi) is 2.04. The van der Waals surface area contributed by atoms with Crippen molar-refractivity contribution >= 4 is 0 Å². The Morgan fingerprint density at radius 3 is 2.38 bits per heavy atom. The van der Waals surface area contributed by atoms with Gasteiger partial charge < -0.3 is 0 Å². The van der Waals surface area contributed by atoms with Crippen LogP contribution in [-0.4, -0.2) is 4.98 Å². The minimum Gasteiger partial charge on any atom is -0.255 e. The van der Waals surface area contributed by atoms with Crippen LogP contribution in [0.15, 0.2) is 42.6 Å². The normalized spacial score (nSPS) is 9.92. The van der Waals surface area contributed by atoms with Gasteiger partial charge in [0.2, 0.25) is 0 Å². The van der Waals surface area contributed by atoms with Gasteiger partial charge >= 0.3 is 0 Å². The molecule has 63 valence electrons. The number of halogens is 1. The van der Waals surface area contributed by atoms with Gasteiger partial charge in [0, 0.05) is 6.20 Å². The standard InChI is InChI=1S/C11H7FN/c12-11-3-1-9(2-4-11)10-5-7-13-8-6-10/h1-7H. The summed E-state index contributed by atoms with van der Waals surface area (Å²) in [5, 5.41) is 0.